The largest absolute Gasteiger partial charge is 0.508 e. The van der Waals surface area contributed by atoms with E-state index >= 15 is 0 Å². The Kier molecular flexibility index (Phi) is 7.17. The number of rotatable bonds is 5. The molecular weight excluding hydrogens is 532 g/mol. The maximum atomic E-state index is 14.0. The molecule has 1 aromatic carbocycles. The molecule has 1 aromatic rings. The number of benzene rings is 1. The Morgan fingerprint density at radius 1 is 1.17 bits per heavy atom. The summed E-state index contributed by atoms with van der Waals surface area (Å²) in [4.78, 5) is 55.1. The Hall–Kier alpha value is -3.80. The topological polar surface area (TPSA) is 165 Å². The first-order valence-corrected chi connectivity index (χ1v) is 13.5. The molecular formula is C30H34N2O9. The van der Waals surface area contributed by atoms with Gasteiger partial charge in [-0.15, -0.1) is 0 Å². The number of amides is 1. The van der Waals surface area contributed by atoms with Crippen molar-refractivity contribution in [2.24, 2.45) is 11.8 Å². The van der Waals surface area contributed by atoms with Crippen LogP contribution in [0.25, 0.3) is 11.3 Å². The predicted molar refractivity (Wildman–Crippen MR) is 147 cm³/mol. The number of aliphatic hydroxyl groups excluding tert-OH is 2. The molecule has 5 rings (SSSR count). The number of carbonyl (C=O) groups excluding carboxylic acids is 4. The van der Waals surface area contributed by atoms with E-state index in [1.165, 1.54) is 18.1 Å². The first-order valence-electron chi connectivity index (χ1n) is 13.5. The molecule has 4 aliphatic rings. The summed E-state index contributed by atoms with van der Waals surface area (Å²) < 4.78 is 4.95. The lowest BCUT2D eigenvalue weighted by Crippen LogP contribution is -2.65. The van der Waals surface area contributed by atoms with E-state index in [9.17, 15) is 39.6 Å². The molecule has 1 amide bonds. The maximum Gasteiger partial charge on any atom is 0.248 e. The molecule has 41 heavy (non-hydrogen) atoms. The van der Waals surface area contributed by atoms with Crippen molar-refractivity contribution in [2.75, 3.05) is 40.9 Å². The Balaban J connectivity index is 1.62. The molecule has 11 nitrogen and oxygen atoms in total. The summed E-state index contributed by atoms with van der Waals surface area (Å²) >= 11 is 0. The molecule has 3 aliphatic carbocycles. The molecule has 0 saturated heterocycles. The highest BCUT2D eigenvalue weighted by Gasteiger charge is 2.64. The number of aliphatic hydroxyl groups is 3. The van der Waals surface area contributed by atoms with Crippen molar-refractivity contribution in [1.82, 2.24) is 9.80 Å². The van der Waals surface area contributed by atoms with Crippen LogP contribution in [-0.2, 0) is 30.3 Å². The zero-order chi connectivity index (χ0) is 30.0. The summed E-state index contributed by atoms with van der Waals surface area (Å²) in [5, 5.41) is 45.1. The zero-order valence-corrected chi connectivity index (χ0v) is 23.4. The van der Waals surface area contributed by atoms with E-state index in [-0.39, 0.29) is 42.2 Å². The Morgan fingerprint density at radius 2 is 1.88 bits per heavy atom. The van der Waals surface area contributed by atoms with E-state index in [1.54, 1.807) is 25.1 Å². The average Bonchev–Trinajstić information content (AvgIpc) is 2.91. The van der Waals surface area contributed by atoms with E-state index in [0.717, 1.165) is 18.1 Å². The SMILES string of the molecule is COCC(=O)N1CC=C(c2ccc(O)c3c2C[C@H]2C[C@H]4[C@H](N(C)C)C(=O)C(C(C)=O)=C(O)[C@@]4(O)C(=O)C2=C3O)CC1. The number of fused-ring (bicyclic) bond motifs is 3. The van der Waals surface area contributed by atoms with Crippen LogP contribution in [0.15, 0.2) is 35.1 Å². The fourth-order valence-corrected chi connectivity index (χ4v) is 7.00. The van der Waals surface area contributed by atoms with Crippen molar-refractivity contribution in [1.29, 1.82) is 0 Å². The minimum Gasteiger partial charge on any atom is -0.508 e. The lowest BCUT2D eigenvalue weighted by atomic mass is 9.57. The lowest BCUT2D eigenvalue weighted by molar-refractivity contribution is -0.153. The molecule has 4 atom stereocenters. The van der Waals surface area contributed by atoms with Crippen molar-refractivity contribution >= 4 is 34.6 Å². The number of likely N-dealkylation sites (N-methyl/N-ethyl adjacent to an activating group) is 1. The van der Waals surface area contributed by atoms with Gasteiger partial charge in [0.15, 0.2) is 17.2 Å². The van der Waals surface area contributed by atoms with Gasteiger partial charge in [-0.3, -0.25) is 24.1 Å². The van der Waals surface area contributed by atoms with Crippen LogP contribution in [0, 0.1) is 11.8 Å². The van der Waals surface area contributed by atoms with Gasteiger partial charge in [-0.1, -0.05) is 12.1 Å². The number of ether oxygens (including phenoxy) is 1. The van der Waals surface area contributed by atoms with Crippen molar-refractivity contribution in [3.8, 4) is 5.75 Å². The number of phenols is 1. The second kappa shape index (κ2) is 10.2. The molecule has 1 aliphatic heterocycles. The van der Waals surface area contributed by atoms with Gasteiger partial charge < -0.3 is 30.1 Å². The molecule has 0 aromatic heterocycles. The van der Waals surface area contributed by atoms with Gasteiger partial charge in [0.25, 0.3) is 0 Å². The standard InChI is InChI=1S/C30H34N2O9/c1-14(33)22-27(37)25(31(2)3)19-12-16-11-18-17(15-7-9-32(10-8-15)21(35)13-41-4)5-6-20(34)24(18)26(36)23(16)29(39)30(19,40)28(22)38/h5-7,16,19,25,34,36,38,40H,8-13H2,1-4H3/t16-,19-,25-,30+/m0/s1. The van der Waals surface area contributed by atoms with E-state index in [1.807, 2.05) is 6.08 Å². The highest BCUT2D eigenvalue weighted by atomic mass is 16.5. The van der Waals surface area contributed by atoms with Crippen LogP contribution in [0.4, 0.5) is 0 Å². The van der Waals surface area contributed by atoms with Gasteiger partial charge in [-0.25, -0.2) is 0 Å². The third-order valence-electron chi connectivity index (χ3n) is 8.89. The van der Waals surface area contributed by atoms with Gasteiger partial charge in [0.1, 0.15) is 29.4 Å². The van der Waals surface area contributed by atoms with Crippen LogP contribution in [0.5, 0.6) is 5.75 Å². The van der Waals surface area contributed by atoms with Crippen LogP contribution in [-0.4, -0.2) is 106 Å². The molecule has 1 saturated carbocycles. The number of methoxy groups -OCH3 is 1. The number of phenolic OH excluding ortho intramolecular Hbond substituents is 1. The lowest BCUT2D eigenvalue weighted by Gasteiger charge is -2.50. The van der Waals surface area contributed by atoms with Crippen LogP contribution >= 0.6 is 0 Å². The first kappa shape index (κ1) is 28.7. The van der Waals surface area contributed by atoms with Crippen LogP contribution in [0.3, 0.4) is 0 Å². The van der Waals surface area contributed by atoms with Crippen molar-refractivity contribution < 1.29 is 44.3 Å². The number of hydrogen-bond donors (Lipinski definition) is 4. The van der Waals surface area contributed by atoms with Gasteiger partial charge >= 0.3 is 0 Å². The number of ketones is 3. The van der Waals surface area contributed by atoms with Gasteiger partial charge in [-0.2, -0.15) is 0 Å². The molecule has 0 bridgehead atoms. The van der Waals surface area contributed by atoms with Gasteiger partial charge in [0, 0.05) is 31.7 Å². The summed E-state index contributed by atoms with van der Waals surface area (Å²) in [6.45, 7) is 1.89. The summed E-state index contributed by atoms with van der Waals surface area (Å²) in [5.41, 5.74) is -1.01. The van der Waals surface area contributed by atoms with Crippen molar-refractivity contribution in [3.63, 3.8) is 0 Å². The Labute approximate surface area is 237 Å². The number of aromatic hydroxyl groups is 1. The van der Waals surface area contributed by atoms with Gasteiger partial charge in [0.2, 0.25) is 11.7 Å². The predicted octanol–water partition coefficient (Wildman–Crippen LogP) is 1.33. The molecule has 11 heteroatoms. The molecule has 0 unspecified atom stereocenters. The minimum absolute atomic E-state index is 0.0163. The molecule has 0 spiro atoms. The number of nitrogens with zero attached hydrogens (tertiary/aromatic N) is 2. The van der Waals surface area contributed by atoms with Crippen molar-refractivity contribution in [3.05, 3.63) is 51.8 Å². The van der Waals surface area contributed by atoms with Crippen molar-refractivity contribution in [2.45, 2.75) is 37.8 Å². The van der Waals surface area contributed by atoms with E-state index in [2.05, 4.69) is 0 Å². The Bertz CT molecular complexity index is 1470. The molecule has 1 heterocycles. The normalized spacial score (nSPS) is 27.9. The molecule has 218 valence electrons. The highest BCUT2D eigenvalue weighted by Crippen LogP contribution is 2.53. The quantitative estimate of drug-likeness (QED) is 0.382. The zero-order valence-electron chi connectivity index (χ0n) is 23.4. The molecule has 0 radical (unpaired) electrons. The summed E-state index contributed by atoms with van der Waals surface area (Å²) in [7, 11) is 4.65. The van der Waals surface area contributed by atoms with E-state index < -0.39 is 57.9 Å². The van der Waals surface area contributed by atoms with E-state index in [4.69, 9.17) is 4.74 Å². The van der Waals surface area contributed by atoms with Crippen LogP contribution in [0.1, 0.15) is 36.5 Å². The van der Waals surface area contributed by atoms with Gasteiger partial charge in [-0.05, 0) is 69.0 Å². The highest BCUT2D eigenvalue weighted by molar-refractivity contribution is 6.25. The van der Waals surface area contributed by atoms with Crippen LogP contribution in [0.2, 0.25) is 0 Å². The monoisotopic (exact) mass is 566 g/mol. The second-order valence-corrected chi connectivity index (χ2v) is 11.4. The molecule has 1 fully saturated rings. The summed E-state index contributed by atoms with van der Waals surface area (Å²) in [6, 6.07) is 2.10. The van der Waals surface area contributed by atoms with E-state index in [0.29, 0.717) is 25.1 Å². The number of carbonyl (C=O) groups is 4. The summed E-state index contributed by atoms with van der Waals surface area (Å²) in [5.74, 6) is -6.04. The number of Topliss-reactive ketones (excluding diaryl/α,β-unsaturated/α-hetero) is 3. The number of hydrogen-bond acceptors (Lipinski definition) is 10. The Morgan fingerprint density at radius 3 is 2.46 bits per heavy atom. The first-order chi connectivity index (χ1) is 19.3. The fraction of sp³-hybridized carbons (Fsp3) is 0.467. The van der Waals surface area contributed by atoms with Crippen LogP contribution < -0.4 is 0 Å². The second-order valence-electron chi connectivity index (χ2n) is 11.4. The molecule has 4 N–H and O–H groups in total. The third-order valence-corrected chi connectivity index (χ3v) is 8.89. The third kappa shape index (κ3) is 4.22. The average molecular weight is 567 g/mol. The smallest absolute Gasteiger partial charge is 0.248 e. The maximum absolute atomic E-state index is 14.0. The van der Waals surface area contributed by atoms with Gasteiger partial charge in [0.05, 0.1) is 11.6 Å². The fourth-order valence-electron chi connectivity index (χ4n) is 7.00. The summed E-state index contributed by atoms with van der Waals surface area (Å²) in [6.07, 6.45) is 2.72. The minimum atomic E-state index is -2.60.